The number of nitrogens with zero attached hydrogens (tertiary/aromatic N) is 1. The summed E-state index contributed by atoms with van der Waals surface area (Å²) in [5.41, 5.74) is 1.31. The Bertz CT molecular complexity index is 436. The largest absolute Gasteiger partial charge is 0.334 e. The molecule has 2 saturated heterocycles. The first-order valence-corrected chi connectivity index (χ1v) is 7.08. The molecule has 4 heteroatoms. The van der Waals surface area contributed by atoms with E-state index in [0.717, 1.165) is 13.1 Å². The maximum atomic E-state index is 11.8. The average Bonchev–Trinajstić information content (AvgIpc) is 2.74. The summed E-state index contributed by atoms with van der Waals surface area (Å²) < 4.78 is 0. The Balaban J connectivity index is 1.99. The second kappa shape index (κ2) is 4.03. The molecule has 2 aliphatic heterocycles. The molecule has 0 aromatic heterocycles. The fourth-order valence-electron chi connectivity index (χ4n) is 2.85. The number of carbonyl (C=O) groups is 1. The predicted octanol–water partition coefficient (Wildman–Crippen LogP) is 0.380. The molecule has 2 unspecified atom stereocenters. The van der Waals surface area contributed by atoms with Gasteiger partial charge < -0.3 is 10.2 Å². The van der Waals surface area contributed by atoms with Crippen LogP contribution in [-0.4, -0.2) is 35.0 Å². The third kappa shape index (κ3) is 1.67. The third-order valence-electron chi connectivity index (χ3n) is 3.82. The summed E-state index contributed by atoms with van der Waals surface area (Å²) in [7, 11) is 0. The number of nitrogens with two attached hydrogens (primary N) is 1. The summed E-state index contributed by atoms with van der Waals surface area (Å²) >= 11 is 1.78. The van der Waals surface area contributed by atoms with E-state index in [1.165, 1.54) is 5.56 Å². The highest BCUT2D eigenvalue weighted by atomic mass is 32.2. The highest BCUT2D eigenvalue weighted by Gasteiger charge is 2.51. The SMILES string of the molecule is CC1(c2ccccc2)[NH2+]CCN2C(=O)CSC21. The standard InChI is InChI=1S/C13H16N2OS/c1-13(10-5-3-2-4-6-10)12-15(8-7-14-13)11(16)9-17-12/h2-6,12,14H,7-9H2,1H3/p+1. The van der Waals surface area contributed by atoms with Gasteiger partial charge in [0, 0.05) is 5.56 Å². The minimum atomic E-state index is -0.00363. The Labute approximate surface area is 106 Å². The summed E-state index contributed by atoms with van der Waals surface area (Å²) in [5, 5.41) is 2.67. The number of piperazine rings is 1. The van der Waals surface area contributed by atoms with Crippen LogP contribution in [0.3, 0.4) is 0 Å². The van der Waals surface area contributed by atoms with Crippen LogP contribution in [0.2, 0.25) is 0 Å². The van der Waals surface area contributed by atoms with Gasteiger partial charge in [-0.1, -0.05) is 30.3 Å². The van der Waals surface area contributed by atoms with Gasteiger partial charge in [-0.15, -0.1) is 11.8 Å². The van der Waals surface area contributed by atoms with Crippen LogP contribution >= 0.6 is 11.8 Å². The predicted molar refractivity (Wildman–Crippen MR) is 68.5 cm³/mol. The van der Waals surface area contributed by atoms with Crippen LogP contribution in [0.25, 0.3) is 0 Å². The quantitative estimate of drug-likeness (QED) is 0.781. The van der Waals surface area contributed by atoms with Gasteiger partial charge in [0.1, 0.15) is 10.9 Å². The van der Waals surface area contributed by atoms with Gasteiger partial charge in [0.2, 0.25) is 5.91 Å². The van der Waals surface area contributed by atoms with Crippen LogP contribution in [0.5, 0.6) is 0 Å². The van der Waals surface area contributed by atoms with Crippen LogP contribution in [0.1, 0.15) is 12.5 Å². The monoisotopic (exact) mass is 249 g/mol. The summed E-state index contributed by atoms with van der Waals surface area (Å²) in [6.45, 7) is 4.14. The maximum Gasteiger partial charge on any atom is 0.233 e. The van der Waals surface area contributed by atoms with Crippen LogP contribution in [-0.2, 0) is 10.3 Å². The molecule has 90 valence electrons. The van der Waals surface area contributed by atoms with Gasteiger partial charge in [0.05, 0.1) is 18.8 Å². The molecule has 17 heavy (non-hydrogen) atoms. The lowest BCUT2D eigenvalue weighted by Gasteiger charge is -2.42. The Morgan fingerprint density at radius 2 is 2.18 bits per heavy atom. The van der Waals surface area contributed by atoms with E-state index >= 15 is 0 Å². The molecular weight excluding hydrogens is 232 g/mol. The van der Waals surface area contributed by atoms with E-state index in [1.807, 2.05) is 6.07 Å². The molecule has 1 aromatic rings. The van der Waals surface area contributed by atoms with Crippen LogP contribution in [0.4, 0.5) is 0 Å². The first kappa shape index (κ1) is 11.1. The fourth-order valence-corrected chi connectivity index (χ4v) is 4.30. The molecule has 2 fully saturated rings. The van der Waals surface area contributed by atoms with Crippen molar-refractivity contribution in [2.45, 2.75) is 17.8 Å². The number of carbonyl (C=O) groups excluding carboxylic acids is 1. The number of rotatable bonds is 1. The smallest absolute Gasteiger partial charge is 0.233 e. The molecule has 2 atom stereocenters. The zero-order valence-electron chi connectivity index (χ0n) is 9.93. The highest BCUT2D eigenvalue weighted by molar-refractivity contribution is 8.01. The van der Waals surface area contributed by atoms with Crippen LogP contribution in [0, 0.1) is 0 Å². The van der Waals surface area contributed by atoms with Crippen molar-refractivity contribution in [2.24, 2.45) is 0 Å². The number of benzene rings is 1. The number of fused-ring (bicyclic) bond motifs is 1. The molecule has 0 spiro atoms. The maximum absolute atomic E-state index is 11.8. The van der Waals surface area contributed by atoms with E-state index in [-0.39, 0.29) is 10.9 Å². The van der Waals surface area contributed by atoms with Crippen LogP contribution < -0.4 is 5.32 Å². The Kier molecular flexibility index (Phi) is 2.64. The number of thioether (sulfide) groups is 1. The molecule has 1 amide bonds. The van der Waals surface area contributed by atoms with E-state index in [9.17, 15) is 4.79 Å². The summed E-state index contributed by atoms with van der Waals surface area (Å²) in [6.07, 6.45) is 0. The molecule has 0 aliphatic carbocycles. The summed E-state index contributed by atoms with van der Waals surface area (Å²) in [5.74, 6) is 0.941. The molecular formula is C13H17N2OS+. The third-order valence-corrected chi connectivity index (χ3v) is 5.29. The van der Waals surface area contributed by atoms with Crippen LogP contribution in [0.15, 0.2) is 30.3 Å². The lowest BCUT2D eigenvalue weighted by molar-refractivity contribution is -0.743. The molecule has 3 rings (SSSR count). The molecule has 1 aromatic carbocycles. The van der Waals surface area contributed by atoms with Crippen molar-refractivity contribution >= 4 is 17.7 Å². The van der Waals surface area contributed by atoms with E-state index in [1.54, 1.807) is 11.8 Å². The van der Waals surface area contributed by atoms with Crippen molar-refractivity contribution in [3.8, 4) is 0 Å². The summed E-state index contributed by atoms with van der Waals surface area (Å²) in [6, 6.07) is 10.5. The lowest BCUT2D eigenvalue weighted by Crippen LogP contribution is -3.00. The van der Waals surface area contributed by atoms with Gasteiger partial charge >= 0.3 is 0 Å². The van der Waals surface area contributed by atoms with Gasteiger partial charge in [-0.3, -0.25) is 4.79 Å². The summed E-state index contributed by atoms with van der Waals surface area (Å²) in [4.78, 5) is 13.9. The minimum Gasteiger partial charge on any atom is -0.334 e. The highest BCUT2D eigenvalue weighted by Crippen LogP contribution is 2.37. The Hall–Kier alpha value is -1.000. The molecule has 2 aliphatic rings. The topological polar surface area (TPSA) is 36.9 Å². The van der Waals surface area contributed by atoms with Crippen molar-refractivity contribution in [3.63, 3.8) is 0 Å². The fraction of sp³-hybridized carbons (Fsp3) is 0.462. The second-order valence-corrected chi connectivity index (χ2v) is 5.96. The number of quaternary nitrogens is 1. The molecule has 2 heterocycles. The molecule has 0 bridgehead atoms. The van der Waals surface area contributed by atoms with Crippen molar-refractivity contribution < 1.29 is 10.1 Å². The lowest BCUT2D eigenvalue weighted by atomic mass is 9.89. The van der Waals surface area contributed by atoms with Crippen molar-refractivity contribution in [3.05, 3.63) is 35.9 Å². The average molecular weight is 249 g/mol. The zero-order valence-corrected chi connectivity index (χ0v) is 10.7. The van der Waals surface area contributed by atoms with Gasteiger partial charge in [-0.25, -0.2) is 0 Å². The van der Waals surface area contributed by atoms with Crippen molar-refractivity contribution in [1.29, 1.82) is 0 Å². The van der Waals surface area contributed by atoms with Gasteiger partial charge in [0.25, 0.3) is 0 Å². The Morgan fingerprint density at radius 3 is 2.94 bits per heavy atom. The van der Waals surface area contributed by atoms with Crippen molar-refractivity contribution in [1.82, 2.24) is 4.90 Å². The first-order valence-electron chi connectivity index (χ1n) is 6.03. The minimum absolute atomic E-state index is 0.00363. The molecule has 2 N–H and O–H groups in total. The molecule has 0 saturated carbocycles. The van der Waals surface area contributed by atoms with Gasteiger partial charge in [0.15, 0.2) is 0 Å². The van der Waals surface area contributed by atoms with Gasteiger partial charge in [-0.05, 0) is 6.92 Å². The van der Waals surface area contributed by atoms with E-state index in [0.29, 0.717) is 11.7 Å². The number of amides is 1. The Morgan fingerprint density at radius 1 is 1.41 bits per heavy atom. The van der Waals surface area contributed by atoms with Crippen molar-refractivity contribution in [2.75, 3.05) is 18.8 Å². The number of hydrogen-bond donors (Lipinski definition) is 1. The molecule has 0 radical (unpaired) electrons. The van der Waals surface area contributed by atoms with Gasteiger partial charge in [-0.2, -0.15) is 0 Å². The normalized spacial score (nSPS) is 32.6. The second-order valence-electron chi connectivity index (χ2n) is 4.89. The zero-order chi connectivity index (χ0) is 11.9. The van der Waals surface area contributed by atoms with E-state index in [2.05, 4.69) is 41.4 Å². The first-order chi connectivity index (χ1) is 8.22. The van der Waals surface area contributed by atoms with E-state index in [4.69, 9.17) is 0 Å². The molecule has 3 nitrogen and oxygen atoms in total. The number of hydrogen-bond acceptors (Lipinski definition) is 2. The van der Waals surface area contributed by atoms with E-state index < -0.39 is 0 Å².